The van der Waals surface area contributed by atoms with Crippen LogP contribution in [0.3, 0.4) is 0 Å². The standard InChI is InChI=1S/C27H26N4O2/c32-25-8-3-7-22-23(25)11-12-26(24(22)10-9-21-6-1-2-14-30-21)33-27(18-31-16-15-29-19-31)20-5-4-13-28-17-20/h1-2,4-6,11-17,19,27H,3,7-10,18H2. The van der Waals surface area contributed by atoms with Crippen LogP contribution in [0.25, 0.3) is 0 Å². The maximum Gasteiger partial charge on any atom is 0.163 e. The highest BCUT2D eigenvalue weighted by Gasteiger charge is 2.24. The number of pyridine rings is 2. The zero-order valence-corrected chi connectivity index (χ0v) is 18.4. The minimum Gasteiger partial charge on any atom is -0.483 e. The van der Waals surface area contributed by atoms with E-state index in [1.807, 2.05) is 65.6 Å². The number of aromatic nitrogens is 4. The summed E-state index contributed by atoms with van der Waals surface area (Å²) < 4.78 is 8.68. The molecule has 33 heavy (non-hydrogen) atoms. The Morgan fingerprint density at radius 2 is 1.94 bits per heavy atom. The fourth-order valence-corrected chi connectivity index (χ4v) is 4.48. The van der Waals surface area contributed by atoms with Crippen molar-refractivity contribution in [1.82, 2.24) is 19.5 Å². The van der Waals surface area contributed by atoms with Crippen LogP contribution >= 0.6 is 0 Å². The average molecular weight is 439 g/mol. The molecule has 0 amide bonds. The van der Waals surface area contributed by atoms with Gasteiger partial charge in [-0.1, -0.05) is 12.1 Å². The number of hydrogen-bond acceptors (Lipinski definition) is 5. The van der Waals surface area contributed by atoms with Crippen molar-refractivity contribution in [3.05, 3.63) is 108 Å². The van der Waals surface area contributed by atoms with Gasteiger partial charge >= 0.3 is 0 Å². The van der Waals surface area contributed by atoms with E-state index in [2.05, 4.69) is 15.0 Å². The van der Waals surface area contributed by atoms with E-state index in [1.54, 1.807) is 18.7 Å². The molecular formula is C27H26N4O2. The van der Waals surface area contributed by atoms with Gasteiger partial charge in [0.25, 0.3) is 0 Å². The number of Topliss-reactive ketones (excluding diaryl/α,β-unsaturated/α-hetero) is 1. The molecule has 0 N–H and O–H groups in total. The van der Waals surface area contributed by atoms with Gasteiger partial charge < -0.3 is 9.30 Å². The Morgan fingerprint density at radius 3 is 2.73 bits per heavy atom. The van der Waals surface area contributed by atoms with E-state index in [-0.39, 0.29) is 11.9 Å². The summed E-state index contributed by atoms with van der Waals surface area (Å²) in [5.41, 5.74) is 5.12. The minimum atomic E-state index is -0.237. The fourth-order valence-electron chi connectivity index (χ4n) is 4.48. The summed E-state index contributed by atoms with van der Waals surface area (Å²) in [4.78, 5) is 25.6. The lowest BCUT2D eigenvalue weighted by Gasteiger charge is -2.25. The van der Waals surface area contributed by atoms with Gasteiger partial charge in [0.05, 0.1) is 12.9 Å². The van der Waals surface area contributed by atoms with Crippen LogP contribution in [0.1, 0.15) is 51.7 Å². The quantitative estimate of drug-likeness (QED) is 0.395. The number of carbonyl (C=O) groups is 1. The summed E-state index contributed by atoms with van der Waals surface area (Å²) in [5.74, 6) is 1.05. The van der Waals surface area contributed by atoms with Crippen molar-refractivity contribution in [3.8, 4) is 5.75 Å². The van der Waals surface area contributed by atoms with E-state index < -0.39 is 0 Å². The molecule has 0 spiro atoms. The molecule has 0 fully saturated rings. The number of ether oxygens (including phenoxy) is 1. The normalized spacial score (nSPS) is 14.0. The highest BCUT2D eigenvalue weighted by molar-refractivity contribution is 5.99. The molecule has 1 aliphatic rings. The third-order valence-electron chi connectivity index (χ3n) is 6.14. The predicted molar refractivity (Wildman–Crippen MR) is 125 cm³/mol. The molecule has 1 atom stereocenters. The molecule has 0 aliphatic heterocycles. The Balaban J connectivity index is 1.50. The summed E-state index contributed by atoms with van der Waals surface area (Å²) >= 11 is 0. The molecule has 6 nitrogen and oxygen atoms in total. The molecule has 1 unspecified atom stereocenters. The first kappa shape index (κ1) is 21.1. The fraction of sp³-hybridized carbons (Fsp3) is 0.259. The van der Waals surface area contributed by atoms with Gasteiger partial charge in [0.15, 0.2) is 5.78 Å². The first-order chi connectivity index (χ1) is 16.3. The number of aryl methyl sites for hydroxylation is 1. The third kappa shape index (κ3) is 4.85. The lowest BCUT2D eigenvalue weighted by molar-refractivity contribution is 0.0972. The van der Waals surface area contributed by atoms with Gasteiger partial charge in [0, 0.05) is 54.2 Å². The molecule has 1 aromatic carbocycles. The van der Waals surface area contributed by atoms with Gasteiger partial charge in [-0.25, -0.2) is 4.98 Å². The van der Waals surface area contributed by atoms with E-state index in [1.165, 1.54) is 0 Å². The first-order valence-corrected chi connectivity index (χ1v) is 11.4. The van der Waals surface area contributed by atoms with E-state index >= 15 is 0 Å². The first-order valence-electron chi connectivity index (χ1n) is 11.4. The molecule has 0 saturated heterocycles. The largest absolute Gasteiger partial charge is 0.483 e. The van der Waals surface area contributed by atoms with Crippen LogP contribution in [-0.2, 0) is 25.8 Å². The molecule has 3 heterocycles. The summed E-state index contributed by atoms with van der Waals surface area (Å²) in [6, 6.07) is 13.8. The summed E-state index contributed by atoms with van der Waals surface area (Å²) in [6.07, 6.45) is 14.6. The van der Waals surface area contributed by atoms with Crippen molar-refractivity contribution in [2.45, 2.75) is 44.8 Å². The van der Waals surface area contributed by atoms with Gasteiger partial charge in [-0.2, -0.15) is 0 Å². The van der Waals surface area contributed by atoms with Crippen LogP contribution in [-0.4, -0.2) is 25.3 Å². The molecular weight excluding hydrogens is 412 g/mol. The maximum absolute atomic E-state index is 12.6. The number of rotatable bonds is 8. The zero-order valence-electron chi connectivity index (χ0n) is 18.4. The van der Waals surface area contributed by atoms with Crippen molar-refractivity contribution < 1.29 is 9.53 Å². The molecule has 6 heteroatoms. The number of nitrogens with zero attached hydrogens (tertiary/aromatic N) is 4. The van der Waals surface area contributed by atoms with E-state index in [4.69, 9.17) is 4.74 Å². The number of imidazole rings is 1. The van der Waals surface area contributed by atoms with Crippen molar-refractivity contribution in [3.63, 3.8) is 0 Å². The van der Waals surface area contributed by atoms with Gasteiger partial charge in [0.1, 0.15) is 11.9 Å². The summed E-state index contributed by atoms with van der Waals surface area (Å²) in [6.45, 7) is 0.612. The van der Waals surface area contributed by atoms with E-state index in [0.29, 0.717) is 13.0 Å². The van der Waals surface area contributed by atoms with Crippen molar-refractivity contribution in [1.29, 1.82) is 0 Å². The monoisotopic (exact) mass is 438 g/mol. The van der Waals surface area contributed by atoms with E-state index in [0.717, 1.165) is 59.4 Å². The molecule has 5 rings (SSSR count). The Labute approximate surface area is 193 Å². The number of fused-ring (bicyclic) bond motifs is 1. The SMILES string of the molecule is O=C1CCCc2c1ccc(OC(Cn1ccnc1)c1cccnc1)c2CCc1ccccn1. The van der Waals surface area contributed by atoms with E-state index in [9.17, 15) is 4.79 Å². The van der Waals surface area contributed by atoms with Crippen LogP contribution in [0.2, 0.25) is 0 Å². The van der Waals surface area contributed by atoms with Crippen molar-refractivity contribution in [2.75, 3.05) is 0 Å². The molecule has 4 aromatic rings. The molecule has 166 valence electrons. The van der Waals surface area contributed by atoms with Crippen LogP contribution in [0.4, 0.5) is 0 Å². The molecule has 0 saturated carbocycles. The smallest absolute Gasteiger partial charge is 0.163 e. The molecule has 3 aromatic heterocycles. The minimum absolute atomic E-state index is 0.226. The van der Waals surface area contributed by atoms with Crippen LogP contribution < -0.4 is 4.74 Å². The Bertz CT molecular complexity index is 1210. The maximum atomic E-state index is 12.6. The number of hydrogen-bond donors (Lipinski definition) is 0. The Hall–Kier alpha value is -3.80. The molecule has 0 radical (unpaired) electrons. The van der Waals surface area contributed by atoms with Crippen molar-refractivity contribution in [2.24, 2.45) is 0 Å². The van der Waals surface area contributed by atoms with Crippen LogP contribution in [0.15, 0.2) is 79.8 Å². The molecule has 0 bridgehead atoms. The third-order valence-corrected chi connectivity index (χ3v) is 6.14. The number of benzene rings is 1. The highest BCUT2D eigenvalue weighted by atomic mass is 16.5. The zero-order chi connectivity index (χ0) is 22.5. The number of carbonyl (C=O) groups excluding carboxylic acids is 1. The average Bonchev–Trinajstić information content (AvgIpc) is 3.37. The second kappa shape index (κ2) is 9.77. The predicted octanol–water partition coefficient (Wildman–Crippen LogP) is 4.80. The topological polar surface area (TPSA) is 69.9 Å². The Kier molecular flexibility index (Phi) is 6.24. The highest BCUT2D eigenvalue weighted by Crippen LogP contribution is 2.35. The van der Waals surface area contributed by atoms with Gasteiger partial charge in [-0.15, -0.1) is 0 Å². The van der Waals surface area contributed by atoms with Crippen LogP contribution in [0.5, 0.6) is 5.75 Å². The molecule has 1 aliphatic carbocycles. The second-order valence-electron chi connectivity index (χ2n) is 8.32. The lowest BCUT2D eigenvalue weighted by atomic mass is 9.85. The lowest BCUT2D eigenvalue weighted by Crippen LogP contribution is -2.18. The summed E-state index contributed by atoms with van der Waals surface area (Å²) in [7, 11) is 0. The van der Waals surface area contributed by atoms with Crippen molar-refractivity contribution >= 4 is 5.78 Å². The summed E-state index contributed by atoms with van der Waals surface area (Å²) in [5, 5.41) is 0. The van der Waals surface area contributed by atoms with Gasteiger partial charge in [-0.05, 0) is 67.1 Å². The van der Waals surface area contributed by atoms with Crippen LogP contribution in [0, 0.1) is 0 Å². The number of ketones is 1. The Morgan fingerprint density at radius 1 is 0.970 bits per heavy atom. The second-order valence-corrected chi connectivity index (χ2v) is 8.32. The van der Waals surface area contributed by atoms with Gasteiger partial charge in [0.2, 0.25) is 0 Å². The van der Waals surface area contributed by atoms with Gasteiger partial charge in [-0.3, -0.25) is 14.8 Å².